The highest BCUT2D eigenvalue weighted by atomic mass is 16.4. The van der Waals surface area contributed by atoms with E-state index in [4.69, 9.17) is 0 Å². The van der Waals surface area contributed by atoms with Gasteiger partial charge in [0.2, 0.25) is 6.41 Å². The molecule has 130 valence electrons. The molecule has 1 aliphatic rings. The first-order chi connectivity index (χ1) is 11.5. The summed E-state index contributed by atoms with van der Waals surface area (Å²) >= 11 is 0. The molecule has 2 aromatic rings. The number of amides is 1. The summed E-state index contributed by atoms with van der Waals surface area (Å²) in [6.07, 6.45) is 6.13. The van der Waals surface area contributed by atoms with E-state index < -0.39 is 5.97 Å². The maximum Gasteiger partial charge on any atom is 0.352 e. The minimum atomic E-state index is -0.792. The topological polar surface area (TPSA) is 62.5 Å². The molecule has 0 aliphatic heterocycles. The lowest BCUT2D eigenvalue weighted by molar-refractivity contribution is -0.115. The van der Waals surface area contributed by atoms with Crippen LogP contribution in [-0.4, -0.2) is 41.0 Å². The fourth-order valence-corrected chi connectivity index (χ4v) is 3.46. The van der Waals surface area contributed by atoms with Gasteiger partial charge in [-0.25, -0.2) is 4.79 Å². The van der Waals surface area contributed by atoms with Gasteiger partial charge in [0.25, 0.3) is 0 Å². The number of carbonyl (C=O) groups excluding carboxylic acids is 1. The number of aromatic carboxylic acids is 1. The lowest BCUT2D eigenvalue weighted by Crippen LogP contribution is -2.14. The standard InChI is InChI=1S/C16H19NO2.C3H7NO/c1-2-12-13-9-5-6-10-14(13)17(15(12)16(18)19)11-7-3-4-8-11;1-4(2)3-5/h5-6,9-11H,2-4,7-8H2,1H3,(H,18,19);3H,1-2H3. The zero-order valence-corrected chi connectivity index (χ0v) is 14.7. The van der Waals surface area contributed by atoms with Crippen molar-refractivity contribution < 1.29 is 14.7 Å². The van der Waals surface area contributed by atoms with E-state index in [1.165, 1.54) is 17.7 Å². The highest BCUT2D eigenvalue weighted by Gasteiger charge is 2.27. The molecule has 1 saturated carbocycles. The summed E-state index contributed by atoms with van der Waals surface area (Å²) in [5.41, 5.74) is 2.58. The van der Waals surface area contributed by atoms with Gasteiger partial charge in [-0.2, -0.15) is 0 Å². The molecule has 1 amide bonds. The molecule has 24 heavy (non-hydrogen) atoms. The first-order valence-electron chi connectivity index (χ1n) is 8.48. The average Bonchev–Trinajstić information content (AvgIpc) is 3.20. The van der Waals surface area contributed by atoms with Crippen LogP contribution in [0.4, 0.5) is 0 Å². The van der Waals surface area contributed by atoms with Crippen LogP contribution in [-0.2, 0) is 11.2 Å². The molecule has 1 fully saturated rings. The number of carboxylic acid groups (broad SMARTS) is 1. The summed E-state index contributed by atoms with van der Waals surface area (Å²) in [5, 5.41) is 10.7. The Morgan fingerprint density at radius 1 is 1.29 bits per heavy atom. The third-order valence-electron chi connectivity index (χ3n) is 4.47. The van der Waals surface area contributed by atoms with Crippen LogP contribution in [0.5, 0.6) is 0 Å². The maximum atomic E-state index is 11.7. The van der Waals surface area contributed by atoms with Gasteiger partial charge < -0.3 is 14.6 Å². The normalized spacial score (nSPS) is 14.3. The average molecular weight is 330 g/mol. The molecule has 1 aromatic carbocycles. The van der Waals surface area contributed by atoms with Crippen molar-refractivity contribution >= 4 is 23.3 Å². The second kappa shape index (κ2) is 7.99. The van der Waals surface area contributed by atoms with Crippen molar-refractivity contribution in [2.75, 3.05) is 14.1 Å². The van der Waals surface area contributed by atoms with E-state index in [-0.39, 0.29) is 0 Å². The second-order valence-electron chi connectivity index (χ2n) is 6.38. The van der Waals surface area contributed by atoms with Crippen LogP contribution in [0.3, 0.4) is 0 Å². The number of benzene rings is 1. The van der Waals surface area contributed by atoms with Crippen molar-refractivity contribution in [3.05, 3.63) is 35.5 Å². The number of nitrogens with zero attached hydrogens (tertiary/aromatic N) is 2. The zero-order valence-electron chi connectivity index (χ0n) is 14.7. The van der Waals surface area contributed by atoms with Gasteiger partial charge in [0.15, 0.2) is 0 Å². The van der Waals surface area contributed by atoms with Crippen LogP contribution >= 0.6 is 0 Å². The number of rotatable bonds is 4. The predicted molar refractivity (Wildman–Crippen MR) is 95.5 cm³/mol. The molecule has 1 aromatic heterocycles. The van der Waals surface area contributed by atoms with E-state index in [1.54, 1.807) is 14.1 Å². The number of carboxylic acids is 1. The molecular formula is C19H26N2O3. The third kappa shape index (κ3) is 3.61. The van der Waals surface area contributed by atoms with Crippen LogP contribution in [0.1, 0.15) is 54.7 Å². The number of hydrogen-bond acceptors (Lipinski definition) is 2. The number of para-hydroxylation sites is 1. The second-order valence-corrected chi connectivity index (χ2v) is 6.38. The maximum absolute atomic E-state index is 11.7. The Morgan fingerprint density at radius 3 is 2.38 bits per heavy atom. The van der Waals surface area contributed by atoms with Crippen molar-refractivity contribution in [1.29, 1.82) is 0 Å². The Kier molecular flexibility index (Phi) is 6.01. The first kappa shape index (κ1) is 18.0. The van der Waals surface area contributed by atoms with Crippen LogP contribution in [0, 0.1) is 0 Å². The van der Waals surface area contributed by atoms with Gasteiger partial charge in [-0.15, -0.1) is 0 Å². The van der Waals surface area contributed by atoms with Crippen LogP contribution in [0.2, 0.25) is 0 Å². The van der Waals surface area contributed by atoms with E-state index in [9.17, 15) is 14.7 Å². The quantitative estimate of drug-likeness (QED) is 0.869. The van der Waals surface area contributed by atoms with Gasteiger partial charge in [-0.1, -0.05) is 38.0 Å². The monoisotopic (exact) mass is 330 g/mol. The van der Waals surface area contributed by atoms with Crippen molar-refractivity contribution in [1.82, 2.24) is 9.47 Å². The number of carbonyl (C=O) groups is 2. The van der Waals surface area contributed by atoms with E-state index in [2.05, 4.69) is 10.6 Å². The van der Waals surface area contributed by atoms with Gasteiger partial charge >= 0.3 is 5.97 Å². The molecule has 0 atom stereocenters. The number of aromatic nitrogens is 1. The highest BCUT2D eigenvalue weighted by Crippen LogP contribution is 2.37. The smallest absolute Gasteiger partial charge is 0.352 e. The van der Waals surface area contributed by atoms with Crippen LogP contribution in [0.15, 0.2) is 24.3 Å². The Morgan fingerprint density at radius 2 is 1.88 bits per heavy atom. The van der Waals surface area contributed by atoms with Crippen molar-refractivity contribution in [2.24, 2.45) is 0 Å². The third-order valence-corrected chi connectivity index (χ3v) is 4.47. The molecule has 5 nitrogen and oxygen atoms in total. The van der Waals surface area contributed by atoms with Crippen molar-refractivity contribution in [3.8, 4) is 0 Å². The van der Waals surface area contributed by atoms with Crippen molar-refractivity contribution in [3.63, 3.8) is 0 Å². The van der Waals surface area contributed by atoms with Crippen molar-refractivity contribution in [2.45, 2.75) is 45.1 Å². The number of hydrogen-bond donors (Lipinski definition) is 1. The molecule has 0 radical (unpaired) electrons. The van der Waals surface area contributed by atoms with E-state index in [0.717, 1.165) is 42.1 Å². The van der Waals surface area contributed by atoms with Gasteiger partial charge in [0.05, 0.1) is 0 Å². The largest absolute Gasteiger partial charge is 0.477 e. The Hall–Kier alpha value is -2.30. The zero-order chi connectivity index (χ0) is 17.7. The molecule has 1 aliphatic carbocycles. The van der Waals surface area contributed by atoms with Gasteiger partial charge in [0.1, 0.15) is 5.69 Å². The lowest BCUT2D eigenvalue weighted by atomic mass is 10.1. The molecule has 0 spiro atoms. The molecular weight excluding hydrogens is 304 g/mol. The fourth-order valence-electron chi connectivity index (χ4n) is 3.46. The summed E-state index contributed by atoms with van der Waals surface area (Å²) in [6, 6.07) is 8.45. The predicted octanol–water partition coefficient (Wildman–Crippen LogP) is 3.72. The van der Waals surface area contributed by atoms with E-state index >= 15 is 0 Å². The summed E-state index contributed by atoms with van der Waals surface area (Å²) in [4.78, 5) is 22.6. The summed E-state index contributed by atoms with van der Waals surface area (Å²) in [6.45, 7) is 2.03. The first-order valence-corrected chi connectivity index (χ1v) is 8.48. The summed E-state index contributed by atoms with van der Waals surface area (Å²) in [5.74, 6) is -0.792. The summed E-state index contributed by atoms with van der Waals surface area (Å²) < 4.78 is 2.09. The Bertz CT molecular complexity index is 713. The minimum Gasteiger partial charge on any atom is -0.477 e. The molecule has 5 heteroatoms. The SMILES string of the molecule is CCc1c(C(=O)O)n(C2CCCC2)c2ccccc12.CN(C)C=O. The van der Waals surface area contributed by atoms with E-state index in [0.29, 0.717) is 11.7 Å². The van der Waals surface area contributed by atoms with Crippen LogP contribution < -0.4 is 0 Å². The highest BCUT2D eigenvalue weighted by molar-refractivity contribution is 5.98. The number of aryl methyl sites for hydroxylation is 1. The molecule has 0 unspecified atom stereocenters. The van der Waals surface area contributed by atoms with Crippen LogP contribution in [0.25, 0.3) is 10.9 Å². The molecule has 1 heterocycles. The van der Waals surface area contributed by atoms with E-state index in [1.807, 2.05) is 25.1 Å². The number of fused-ring (bicyclic) bond motifs is 1. The molecule has 1 N–H and O–H groups in total. The molecule has 0 bridgehead atoms. The minimum absolute atomic E-state index is 0.358. The summed E-state index contributed by atoms with van der Waals surface area (Å²) in [7, 11) is 3.38. The fraction of sp³-hybridized carbons (Fsp3) is 0.474. The Labute approximate surface area is 142 Å². The lowest BCUT2D eigenvalue weighted by Gasteiger charge is -2.16. The molecule has 0 saturated heterocycles. The van der Waals surface area contributed by atoms with Gasteiger partial charge in [0, 0.05) is 31.0 Å². The van der Waals surface area contributed by atoms with Gasteiger partial charge in [-0.3, -0.25) is 4.79 Å². The van der Waals surface area contributed by atoms with Gasteiger partial charge in [-0.05, 0) is 30.9 Å². The molecule has 3 rings (SSSR count). The Balaban J connectivity index is 0.000000368.